The van der Waals surface area contributed by atoms with Gasteiger partial charge in [0, 0.05) is 0 Å². The van der Waals surface area contributed by atoms with Gasteiger partial charge in [0.15, 0.2) is 0 Å². The molecule has 0 aliphatic carbocycles. The van der Waals surface area contributed by atoms with Crippen molar-refractivity contribution in [1.29, 1.82) is 0 Å². The Morgan fingerprint density at radius 1 is 0.812 bits per heavy atom. The number of hydrogen-bond acceptors (Lipinski definition) is 0. The normalized spacial score (nSPS) is 10.6. The first-order valence-electron chi connectivity index (χ1n) is 6.68. The molecule has 0 aliphatic heterocycles. The zero-order valence-electron chi connectivity index (χ0n) is 11.9. The van der Waals surface area contributed by atoms with E-state index in [1.54, 1.807) is 0 Å². The Balaban J connectivity index is 0. The van der Waals surface area contributed by atoms with E-state index < -0.39 is 18.4 Å². The molecule has 0 aromatic carbocycles. The molecule has 16 heavy (non-hydrogen) atoms. The van der Waals surface area contributed by atoms with E-state index in [-0.39, 0.29) is 18.9 Å². The molecular formula is C14H27LiSn. The summed E-state index contributed by atoms with van der Waals surface area (Å²) in [5.74, 6) is 0. The fourth-order valence-electron chi connectivity index (χ4n) is 2.11. The van der Waals surface area contributed by atoms with Gasteiger partial charge in [0.25, 0.3) is 0 Å². The first-order chi connectivity index (χ1) is 7.24. The molecule has 88 valence electrons. The van der Waals surface area contributed by atoms with Crippen molar-refractivity contribution in [3.05, 3.63) is 6.42 Å². The predicted octanol–water partition coefficient (Wildman–Crippen LogP) is 1.97. The second kappa shape index (κ2) is 12.4. The molecule has 0 rings (SSSR count). The van der Waals surface area contributed by atoms with E-state index in [4.69, 9.17) is 6.42 Å². The smallest absolute Gasteiger partial charge is 1.00 e. The molecule has 0 amide bonds. The van der Waals surface area contributed by atoms with Crippen molar-refractivity contribution in [2.24, 2.45) is 0 Å². The quantitative estimate of drug-likeness (QED) is 0.346. The minimum atomic E-state index is -2.20. The van der Waals surface area contributed by atoms with Crippen LogP contribution >= 0.6 is 0 Å². The standard InChI is InChI=1S/3C4H9.C2.Li.Sn/c3*1-3-4-2;1-2;;/h3*1,3-4H2,2H3;;;/q;;;-1;+1;. The summed E-state index contributed by atoms with van der Waals surface area (Å²) in [5, 5.41) is 0. The molecule has 0 aliphatic rings. The molecule has 0 unspecified atom stereocenters. The van der Waals surface area contributed by atoms with E-state index in [0.29, 0.717) is 0 Å². The van der Waals surface area contributed by atoms with Gasteiger partial charge in [-0.15, -0.1) is 0 Å². The zero-order chi connectivity index (χ0) is 11.6. The minimum absolute atomic E-state index is 0. The van der Waals surface area contributed by atoms with Crippen molar-refractivity contribution in [3.63, 3.8) is 0 Å². The average molecular weight is 321 g/mol. The summed E-state index contributed by atoms with van der Waals surface area (Å²) < 4.78 is 7.23. The molecule has 0 saturated carbocycles. The van der Waals surface area contributed by atoms with E-state index in [0.717, 1.165) is 0 Å². The van der Waals surface area contributed by atoms with Crippen molar-refractivity contribution in [1.82, 2.24) is 0 Å². The van der Waals surface area contributed by atoms with Crippen LogP contribution in [-0.2, 0) is 0 Å². The third-order valence-electron chi connectivity index (χ3n) is 3.29. The van der Waals surface area contributed by atoms with E-state index in [1.807, 2.05) is 0 Å². The molecule has 0 heterocycles. The summed E-state index contributed by atoms with van der Waals surface area (Å²) in [5.41, 5.74) is 0. The number of hydrogen-bond donors (Lipinski definition) is 0. The van der Waals surface area contributed by atoms with Crippen molar-refractivity contribution >= 4 is 18.4 Å². The van der Waals surface area contributed by atoms with Gasteiger partial charge < -0.3 is 0 Å². The summed E-state index contributed by atoms with van der Waals surface area (Å²) in [6.07, 6.45) is 15.6. The van der Waals surface area contributed by atoms with Crippen LogP contribution in [0.2, 0.25) is 13.3 Å². The van der Waals surface area contributed by atoms with Crippen molar-refractivity contribution in [2.45, 2.75) is 72.6 Å². The average Bonchev–Trinajstić information content (AvgIpc) is 2.29. The monoisotopic (exact) mass is 322 g/mol. The summed E-state index contributed by atoms with van der Waals surface area (Å²) >= 11 is -2.20. The molecule has 0 spiro atoms. The molecule has 0 atom stereocenters. The van der Waals surface area contributed by atoms with E-state index in [1.165, 1.54) is 51.8 Å². The van der Waals surface area contributed by atoms with E-state index >= 15 is 0 Å². The molecule has 0 N–H and O–H groups in total. The minimum Gasteiger partial charge on any atom is 1.00 e. The van der Waals surface area contributed by atoms with Gasteiger partial charge in [-0.2, -0.15) is 0 Å². The third kappa shape index (κ3) is 8.11. The van der Waals surface area contributed by atoms with Crippen LogP contribution in [0.3, 0.4) is 0 Å². The number of rotatable bonds is 9. The molecule has 0 aromatic rings. The molecular weight excluding hydrogens is 294 g/mol. The van der Waals surface area contributed by atoms with E-state index in [9.17, 15) is 0 Å². The van der Waals surface area contributed by atoms with Crippen LogP contribution < -0.4 is 18.9 Å². The van der Waals surface area contributed by atoms with Gasteiger partial charge in [0.1, 0.15) is 0 Å². The van der Waals surface area contributed by atoms with Crippen LogP contribution in [-0.4, -0.2) is 18.4 Å². The van der Waals surface area contributed by atoms with Crippen LogP contribution in [0.5, 0.6) is 0 Å². The maximum Gasteiger partial charge on any atom is 1.00 e. The molecule has 2 heteroatoms. The van der Waals surface area contributed by atoms with Crippen molar-refractivity contribution < 1.29 is 18.9 Å². The maximum atomic E-state index is 7.69. The summed E-state index contributed by atoms with van der Waals surface area (Å²) in [7, 11) is 0. The fraction of sp³-hybridized carbons (Fsp3) is 0.857. The van der Waals surface area contributed by atoms with Crippen LogP contribution in [0.25, 0.3) is 0 Å². The summed E-state index contributed by atoms with van der Waals surface area (Å²) in [6, 6.07) is 0. The summed E-state index contributed by atoms with van der Waals surface area (Å²) in [4.78, 5) is 0. The van der Waals surface area contributed by atoms with Gasteiger partial charge in [0.05, 0.1) is 0 Å². The molecule has 0 radical (unpaired) electrons. The topological polar surface area (TPSA) is 0 Å². The molecule has 0 aromatic heterocycles. The third-order valence-corrected chi connectivity index (χ3v) is 16.0. The van der Waals surface area contributed by atoms with Gasteiger partial charge in [0.2, 0.25) is 0 Å². The van der Waals surface area contributed by atoms with Crippen LogP contribution in [0.4, 0.5) is 0 Å². The zero-order valence-corrected chi connectivity index (χ0v) is 14.7. The van der Waals surface area contributed by atoms with Gasteiger partial charge in [-0.05, 0) is 0 Å². The second-order valence-electron chi connectivity index (χ2n) is 4.72. The van der Waals surface area contributed by atoms with Crippen molar-refractivity contribution in [2.75, 3.05) is 0 Å². The van der Waals surface area contributed by atoms with E-state index in [2.05, 4.69) is 24.7 Å². The molecule has 0 saturated heterocycles. The second-order valence-corrected chi connectivity index (χ2v) is 17.0. The Hall–Kier alpha value is 0.956. The van der Waals surface area contributed by atoms with Gasteiger partial charge in [-0.25, -0.2) is 0 Å². The fourth-order valence-corrected chi connectivity index (χ4v) is 14.1. The molecule has 0 bridgehead atoms. The number of unbranched alkanes of at least 4 members (excludes halogenated alkanes) is 3. The first-order valence-corrected chi connectivity index (χ1v) is 14.2. The Bertz CT molecular complexity index is 162. The first kappa shape index (κ1) is 19.3. The predicted molar refractivity (Wildman–Crippen MR) is 72.0 cm³/mol. The van der Waals surface area contributed by atoms with Crippen LogP contribution in [0.15, 0.2) is 0 Å². The Labute approximate surface area is 119 Å². The summed E-state index contributed by atoms with van der Waals surface area (Å²) in [6.45, 7) is 6.79. The van der Waals surface area contributed by atoms with Crippen LogP contribution in [0, 0.1) is 10.4 Å². The molecule has 0 nitrogen and oxygen atoms in total. The van der Waals surface area contributed by atoms with Crippen molar-refractivity contribution in [3.8, 4) is 3.94 Å². The molecule has 0 fully saturated rings. The Morgan fingerprint density at radius 2 is 1.12 bits per heavy atom. The SMILES string of the molecule is [C-]#[C][Sn]([CH2]CCC)([CH2]CCC)[CH2]CCC.[Li+]. The Morgan fingerprint density at radius 3 is 1.31 bits per heavy atom. The van der Waals surface area contributed by atoms with Gasteiger partial charge >= 0.3 is 120 Å². The largest absolute Gasteiger partial charge is 1.00 e. The van der Waals surface area contributed by atoms with Gasteiger partial charge in [-0.3, -0.25) is 0 Å². The maximum absolute atomic E-state index is 7.69. The van der Waals surface area contributed by atoms with Crippen LogP contribution in [0.1, 0.15) is 59.3 Å². The Kier molecular flexibility index (Phi) is 15.0. The van der Waals surface area contributed by atoms with Gasteiger partial charge in [-0.1, -0.05) is 0 Å².